The third-order valence-electron chi connectivity index (χ3n) is 1.71. The SMILES string of the molecule is Cc1ccccc1C(=O)[B-](F)(F)F.[K+]. The number of hydrogen-bond acceptors (Lipinski definition) is 1. The Morgan fingerprint density at radius 1 is 1.21 bits per heavy atom. The molecule has 1 nitrogen and oxygen atoms in total. The van der Waals surface area contributed by atoms with E-state index in [-0.39, 0.29) is 56.9 Å². The topological polar surface area (TPSA) is 17.1 Å². The first kappa shape index (κ1) is 14.4. The van der Waals surface area contributed by atoms with Gasteiger partial charge in [-0.1, -0.05) is 24.3 Å². The zero-order chi connectivity index (χ0) is 10.1. The smallest absolute Gasteiger partial charge is 0.443 e. The van der Waals surface area contributed by atoms with Gasteiger partial charge >= 0.3 is 58.4 Å². The standard InChI is InChI=1S/C8H7BF3O.K/c1-6-4-2-3-5-7(6)8(13)9(10,11)12;/h2-5H,1H3;/q-1;+1. The Labute approximate surface area is 123 Å². The minimum Gasteiger partial charge on any atom is -0.443 e. The van der Waals surface area contributed by atoms with Crippen LogP contribution in [0.2, 0.25) is 0 Å². The van der Waals surface area contributed by atoms with Crippen molar-refractivity contribution >= 4 is 12.7 Å². The molecule has 70 valence electrons. The molecule has 0 aliphatic rings. The second kappa shape index (κ2) is 5.46. The predicted octanol–water partition coefficient (Wildman–Crippen LogP) is -0.432. The summed E-state index contributed by atoms with van der Waals surface area (Å²) in [6.45, 7) is -3.93. The van der Waals surface area contributed by atoms with E-state index in [1.54, 1.807) is 6.07 Å². The molecule has 6 heteroatoms. The Morgan fingerprint density at radius 2 is 1.71 bits per heavy atom. The van der Waals surface area contributed by atoms with Gasteiger partial charge in [0.1, 0.15) is 5.68 Å². The quantitative estimate of drug-likeness (QED) is 0.625. The number of hydrogen-bond donors (Lipinski definition) is 0. The van der Waals surface area contributed by atoms with Gasteiger partial charge in [0.15, 0.2) is 0 Å². The van der Waals surface area contributed by atoms with Crippen LogP contribution in [0.15, 0.2) is 24.3 Å². The molecule has 1 aromatic carbocycles. The Morgan fingerprint density at radius 3 is 2.14 bits per heavy atom. The van der Waals surface area contributed by atoms with Crippen molar-refractivity contribution in [1.82, 2.24) is 0 Å². The average Bonchev–Trinajstić information content (AvgIpc) is 2.02. The van der Waals surface area contributed by atoms with Crippen molar-refractivity contribution in [2.75, 3.05) is 0 Å². The van der Waals surface area contributed by atoms with Crippen LogP contribution in [0.1, 0.15) is 15.9 Å². The van der Waals surface area contributed by atoms with E-state index in [2.05, 4.69) is 0 Å². The second-order valence-corrected chi connectivity index (χ2v) is 2.75. The van der Waals surface area contributed by atoms with Crippen LogP contribution in [0.25, 0.3) is 0 Å². The van der Waals surface area contributed by atoms with Gasteiger partial charge in [-0.15, -0.1) is 0 Å². The monoisotopic (exact) mass is 226 g/mol. The molecule has 0 spiro atoms. The minimum absolute atomic E-state index is 0. The normalized spacial score (nSPS) is 10.6. The molecule has 0 heterocycles. The molecule has 0 amide bonds. The summed E-state index contributed by atoms with van der Waals surface area (Å²) in [6.07, 6.45) is 0. The van der Waals surface area contributed by atoms with Gasteiger partial charge in [-0.2, -0.15) is 0 Å². The molecule has 0 fully saturated rings. The summed E-state index contributed by atoms with van der Waals surface area (Å²) >= 11 is 0. The maximum Gasteiger partial charge on any atom is 1.00 e. The van der Waals surface area contributed by atoms with E-state index < -0.39 is 12.7 Å². The predicted molar refractivity (Wildman–Crippen MR) is 44.6 cm³/mol. The first-order valence-electron chi connectivity index (χ1n) is 3.72. The molecule has 1 aromatic rings. The van der Waals surface area contributed by atoms with Crippen molar-refractivity contribution in [3.63, 3.8) is 0 Å². The van der Waals surface area contributed by atoms with Crippen LogP contribution in [0.5, 0.6) is 0 Å². The Balaban J connectivity index is 0.00000169. The van der Waals surface area contributed by atoms with Crippen molar-refractivity contribution in [2.24, 2.45) is 0 Å². The summed E-state index contributed by atoms with van der Waals surface area (Å²) in [5.74, 6) is 0. The molecule has 1 rings (SSSR count). The van der Waals surface area contributed by atoms with E-state index in [9.17, 15) is 17.7 Å². The minimum atomic E-state index is -5.41. The number of halogens is 3. The van der Waals surface area contributed by atoms with Crippen molar-refractivity contribution in [2.45, 2.75) is 6.92 Å². The molecule has 14 heavy (non-hydrogen) atoms. The largest absolute Gasteiger partial charge is 1.00 e. The van der Waals surface area contributed by atoms with E-state index in [1.807, 2.05) is 0 Å². The number of aryl methyl sites for hydroxylation is 1. The number of carbonyl (C=O) groups excluding carboxylic acids is 1. The van der Waals surface area contributed by atoms with Crippen molar-refractivity contribution < 1.29 is 69.1 Å². The third kappa shape index (κ3) is 3.51. The summed E-state index contributed by atoms with van der Waals surface area (Å²) < 4.78 is 36.1. The first-order chi connectivity index (χ1) is 5.93. The van der Waals surface area contributed by atoms with Gasteiger partial charge in [0.2, 0.25) is 0 Å². The number of rotatable bonds is 2. The van der Waals surface area contributed by atoms with E-state index >= 15 is 0 Å². The maximum atomic E-state index is 12.0. The van der Waals surface area contributed by atoms with Crippen molar-refractivity contribution in [3.8, 4) is 0 Å². The Kier molecular flexibility index (Phi) is 5.61. The molecule has 0 unspecified atom stereocenters. The fourth-order valence-electron chi connectivity index (χ4n) is 1.03. The van der Waals surface area contributed by atoms with E-state index in [4.69, 9.17) is 0 Å². The average molecular weight is 226 g/mol. The van der Waals surface area contributed by atoms with Crippen molar-refractivity contribution in [1.29, 1.82) is 0 Å². The summed E-state index contributed by atoms with van der Waals surface area (Å²) in [4.78, 5) is 10.8. The van der Waals surface area contributed by atoms with Gasteiger partial charge in [-0.3, -0.25) is 0 Å². The van der Waals surface area contributed by atoms with Crippen LogP contribution in [0.3, 0.4) is 0 Å². The fraction of sp³-hybridized carbons (Fsp3) is 0.125. The van der Waals surface area contributed by atoms with Crippen LogP contribution in [0, 0.1) is 6.92 Å². The third-order valence-corrected chi connectivity index (χ3v) is 1.71. The molecule has 0 aliphatic heterocycles. The second-order valence-electron chi connectivity index (χ2n) is 2.75. The summed E-state index contributed by atoms with van der Waals surface area (Å²) in [5.41, 5.74) is -1.63. The van der Waals surface area contributed by atoms with Gasteiger partial charge in [-0.05, 0) is 18.1 Å². The van der Waals surface area contributed by atoms with Crippen LogP contribution in [-0.2, 0) is 0 Å². The molecule has 0 saturated heterocycles. The van der Waals surface area contributed by atoms with Crippen LogP contribution in [0.4, 0.5) is 12.9 Å². The van der Waals surface area contributed by atoms with E-state index in [0.717, 1.165) is 0 Å². The van der Waals surface area contributed by atoms with E-state index in [1.165, 1.54) is 25.1 Å². The fourth-order valence-corrected chi connectivity index (χ4v) is 1.03. The van der Waals surface area contributed by atoms with Gasteiger partial charge in [0.25, 0.3) is 0 Å². The molecule has 0 atom stereocenters. The van der Waals surface area contributed by atoms with Gasteiger partial charge in [0.05, 0.1) is 0 Å². The summed E-state index contributed by atoms with van der Waals surface area (Å²) in [7, 11) is 0. The molecular formula is C8H7BF3KO. The van der Waals surface area contributed by atoms with Crippen LogP contribution >= 0.6 is 0 Å². The van der Waals surface area contributed by atoms with Crippen LogP contribution in [-0.4, -0.2) is 12.7 Å². The number of benzene rings is 1. The van der Waals surface area contributed by atoms with Crippen molar-refractivity contribution in [3.05, 3.63) is 35.4 Å². The number of carbonyl (C=O) groups is 1. The van der Waals surface area contributed by atoms with Gasteiger partial charge in [-0.25, -0.2) is 0 Å². The summed E-state index contributed by atoms with van der Waals surface area (Å²) in [6, 6.07) is 5.68. The van der Waals surface area contributed by atoms with Gasteiger partial charge in [0, 0.05) is 0 Å². The zero-order valence-electron chi connectivity index (χ0n) is 7.93. The van der Waals surface area contributed by atoms with E-state index in [0.29, 0.717) is 5.56 Å². The molecule has 0 saturated carbocycles. The van der Waals surface area contributed by atoms with Crippen LogP contribution < -0.4 is 51.4 Å². The summed E-state index contributed by atoms with van der Waals surface area (Å²) in [5, 5.41) is 0. The zero-order valence-corrected chi connectivity index (χ0v) is 11.1. The molecule has 0 bridgehead atoms. The van der Waals surface area contributed by atoms with Gasteiger partial charge < -0.3 is 17.7 Å². The molecule has 0 aliphatic carbocycles. The first-order valence-corrected chi connectivity index (χ1v) is 3.72. The molecular weight excluding hydrogens is 219 g/mol. The molecule has 0 radical (unpaired) electrons. The maximum absolute atomic E-state index is 12.0. The molecule has 0 N–H and O–H groups in total. The molecule has 0 aromatic heterocycles. The Bertz CT molecular complexity index is 338. The Hall–Kier alpha value is 0.381.